The second kappa shape index (κ2) is 11.9. The molecular weight excluding hydrogens is 380 g/mol. The first kappa shape index (κ1) is 23.3. The molecule has 2 aromatic rings. The number of nitrogens with one attached hydrogen (secondary N) is 1. The molecule has 1 N–H and O–H groups in total. The Morgan fingerprint density at radius 3 is 2.53 bits per heavy atom. The summed E-state index contributed by atoms with van der Waals surface area (Å²) in [5, 5.41) is 2.91. The van der Waals surface area contributed by atoms with Crippen LogP contribution in [0.3, 0.4) is 0 Å². The Morgan fingerprint density at radius 2 is 1.87 bits per heavy atom. The number of aryl methyl sites for hydroxylation is 1. The molecule has 0 spiro atoms. The van der Waals surface area contributed by atoms with E-state index >= 15 is 0 Å². The van der Waals surface area contributed by atoms with E-state index in [0.717, 1.165) is 17.5 Å². The minimum absolute atomic E-state index is 0.133. The van der Waals surface area contributed by atoms with Gasteiger partial charge in [-0.1, -0.05) is 44.2 Å². The van der Waals surface area contributed by atoms with Crippen LogP contribution in [0.2, 0.25) is 0 Å². The van der Waals surface area contributed by atoms with Gasteiger partial charge in [0.15, 0.2) is 6.61 Å². The van der Waals surface area contributed by atoms with Crippen molar-refractivity contribution in [3.8, 4) is 11.5 Å². The molecular formula is C24H32N2O4. The number of nitrogens with zero attached hydrogens (tertiary/aromatic N) is 1. The van der Waals surface area contributed by atoms with Crippen LogP contribution in [0.4, 0.5) is 0 Å². The summed E-state index contributed by atoms with van der Waals surface area (Å²) in [6.45, 7) is 6.58. The lowest BCUT2D eigenvalue weighted by Gasteiger charge is -2.30. The minimum atomic E-state index is -0.573. The van der Waals surface area contributed by atoms with Gasteiger partial charge in [0, 0.05) is 13.1 Å². The molecule has 0 bridgehead atoms. The third-order valence-electron chi connectivity index (χ3n) is 4.87. The zero-order chi connectivity index (χ0) is 21.9. The van der Waals surface area contributed by atoms with E-state index in [9.17, 15) is 9.59 Å². The Labute approximate surface area is 179 Å². The van der Waals surface area contributed by atoms with E-state index < -0.39 is 6.04 Å². The average molecular weight is 413 g/mol. The van der Waals surface area contributed by atoms with Crippen LogP contribution in [-0.2, 0) is 16.1 Å². The van der Waals surface area contributed by atoms with E-state index in [-0.39, 0.29) is 18.4 Å². The fraction of sp³-hybridized carbons (Fsp3) is 0.417. The minimum Gasteiger partial charge on any atom is -0.497 e. The second-order valence-electron chi connectivity index (χ2n) is 7.14. The number of benzene rings is 2. The molecule has 6 heteroatoms. The highest BCUT2D eigenvalue weighted by Crippen LogP contribution is 2.19. The summed E-state index contributed by atoms with van der Waals surface area (Å²) in [4.78, 5) is 27.5. The SMILES string of the molecule is CCCNC(=O)C(CC)N(Cc1cccc(OC)c1)C(=O)COc1ccccc1C. The van der Waals surface area contributed by atoms with Gasteiger partial charge in [-0.05, 0) is 49.1 Å². The van der Waals surface area contributed by atoms with Crippen LogP contribution in [-0.4, -0.2) is 43.0 Å². The van der Waals surface area contributed by atoms with Crippen molar-refractivity contribution in [2.24, 2.45) is 0 Å². The van der Waals surface area contributed by atoms with Gasteiger partial charge in [0.2, 0.25) is 5.91 Å². The summed E-state index contributed by atoms with van der Waals surface area (Å²) >= 11 is 0. The first-order valence-electron chi connectivity index (χ1n) is 10.4. The molecule has 0 aromatic heterocycles. The fourth-order valence-electron chi connectivity index (χ4n) is 3.19. The number of carbonyl (C=O) groups is 2. The summed E-state index contributed by atoms with van der Waals surface area (Å²) in [6, 6.07) is 14.5. The van der Waals surface area contributed by atoms with Crippen molar-refractivity contribution in [1.29, 1.82) is 0 Å². The van der Waals surface area contributed by atoms with Crippen LogP contribution in [0.5, 0.6) is 11.5 Å². The number of rotatable bonds is 11. The number of para-hydroxylation sites is 1. The Hall–Kier alpha value is -3.02. The molecule has 1 atom stereocenters. The lowest BCUT2D eigenvalue weighted by Crippen LogP contribution is -2.50. The Kier molecular flexibility index (Phi) is 9.19. The van der Waals surface area contributed by atoms with Crippen molar-refractivity contribution in [3.63, 3.8) is 0 Å². The highest BCUT2D eigenvalue weighted by Gasteiger charge is 2.28. The average Bonchev–Trinajstić information content (AvgIpc) is 2.76. The molecule has 1 unspecified atom stereocenters. The van der Waals surface area contributed by atoms with E-state index in [2.05, 4.69) is 5.32 Å². The maximum Gasteiger partial charge on any atom is 0.261 e. The molecule has 0 heterocycles. The van der Waals surface area contributed by atoms with E-state index in [0.29, 0.717) is 31.0 Å². The van der Waals surface area contributed by atoms with Crippen molar-refractivity contribution in [2.75, 3.05) is 20.3 Å². The highest BCUT2D eigenvalue weighted by atomic mass is 16.5. The first-order valence-corrected chi connectivity index (χ1v) is 10.4. The summed E-state index contributed by atoms with van der Waals surface area (Å²) < 4.78 is 11.1. The molecule has 0 radical (unpaired) electrons. The first-order chi connectivity index (χ1) is 14.5. The van der Waals surface area contributed by atoms with Gasteiger partial charge in [-0.25, -0.2) is 0 Å². The number of hydrogen-bond donors (Lipinski definition) is 1. The van der Waals surface area contributed by atoms with Crippen molar-refractivity contribution < 1.29 is 19.1 Å². The van der Waals surface area contributed by atoms with Gasteiger partial charge in [0.25, 0.3) is 5.91 Å². The van der Waals surface area contributed by atoms with Gasteiger partial charge >= 0.3 is 0 Å². The van der Waals surface area contributed by atoms with E-state index in [4.69, 9.17) is 9.47 Å². The smallest absolute Gasteiger partial charge is 0.261 e. The number of hydrogen-bond acceptors (Lipinski definition) is 4. The summed E-state index contributed by atoms with van der Waals surface area (Å²) in [7, 11) is 1.60. The summed E-state index contributed by atoms with van der Waals surface area (Å²) in [6.07, 6.45) is 1.35. The van der Waals surface area contributed by atoms with Crippen LogP contribution >= 0.6 is 0 Å². The Balaban J connectivity index is 2.22. The molecule has 162 valence electrons. The monoisotopic (exact) mass is 412 g/mol. The van der Waals surface area contributed by atoms with Gasteiger partial charge in [0.1, 0.15) is 17.5 Å². The number of ether oxygens (including phenoxy) is 2. The Morgan fingerprint density at radius 1 is 1.10 bits per heavy atom. The van der Waals surface area contributed by atoms with Crippen LogP contribution in [0.15, 0.2) is 48.5 Å². The maximum atomic E-state index is 13.2. The van der Waals surface area contributed by atoms with Gasteiger partial charge in [-0.15, -0.1) is 0 Å². The van der Waals surface area contributed by atoms with Gasteiger partial charge in [-0.2, -0.15) is 0 Å². The molecule has 2 amide bonds. The molecule has 30 heavy (non-hydrogen) atoms. The topological polar surface area (TPSA) is 67.9 Å². The molecule has 2 aromatic carbocycles. The van der Waals surface area contributed by atoms with Gasteiger partial charge in [-0.3, -0.25) is 9.59 Å². The lowest BCUT2D eigenvalue weighted by molar-refractivity contribution is -0.143. The summed E-state index contributed by atoms with van der Waals surface area (Å²) in [5.41, 5.74) is 1.85. The lowest BCUT2D eigenvalue weighted by atomic mass is 10.1. The number of methoxy groups -OCH3 is 1. The fourth-order valence-corrected chi connectivity index (χ4v) is 3.19. The molecule has 0 fully saturated rings. The molecule has 0 aliphatic heterocycles. The quantitative estimate of drug-likeness (QED) is 0.611. The zero-order valence-corrected chi connectivity index (χ0v) is 18.3. The van der Waals surface area contributed by atoms with Crippen molar-refractivity contribution in [2.45, 2.75) is 46.2 Å². The highest BCUT2D eigenvalue weighted by molar-refractivity contribution is 5.88. The number of amides is 2. The normalized spacial score (nSPS) is 11.5. The standard InChI is InChI=1S/C24H32N2O4/c1-5-14-25-24(28)21(6-2)26(16-19-11-9-12-20(15-19)29-4)23(27)17-30-22-13-8-7-10-18(22)3/h7-13,15,21H,5-6,14,16-17H2,1-4H3,(H,25,28). The van der Waals surface area contributed by atoms with E-state index in [1.807, 2.05) is 69.3 Å². The predicted octanol–water partition coefficient (Wildman–Crippen LogP) is 3.72. The van der Waals surface area contributed by atoms with Crippen molar-refractivity contribution in [3.05, 3.63) is 59.7 Å². The molecule has 6 nitrogen and oxygen atoms in total. The maximum absolute atomic E-state index is 13.2. The van der Waals surface area contributed by atoms with Crippen LogP contribution in [0.25, 0.3) is 0 Å². The number of carbonyl (C=O) groups excluding carboxylic acids is 2. The van der Waals surface area contributed by atoms with Crippen LogP contribution in [0, 0.1) is 6.92 Å². The van der Waals surface area contributed by atoms with E-state index in [1.165, 1.54) is 0 Å². The third-order valence-corrected chi connectivity index (χ3v) is 4.87. The third kappa shape index (κ3) is 6.51. The molecule has 2 rings (SSSR count). The summed E-state index contributed by atoms with van der Waals surface area (Å²) in [5.74, 6) is 0.987. The molecule has 0 saturated carbocycles. The Bertz CT molecular complexity index is 837. The van der Waals surface area contributed by atoms with Crippen molar-refractivity contribution in [1.82, 2.24) is 10.2 Å². The van der Waals surface area contributed by atoms with Gasteiger partial charge in [0.05, 0.1) is 7.11 Å². The molecule has 0 saturated heterocycles. The van der Waals surface area contributed by atoms with E-state index in [1.54, 1.807) is 12.0 Å². The molecule has 0 aliphatic carbocycles. The van der Waals surface area contributed by atoms with Gasteiger partial charge < -0.3 is 19.7 Å². The zero-order valence-electron chi connectivity index (χ0n) is 18.3. The van der Waals surface area contributed by atoms with Crippen LogP contribution in [0.1, 0.15) is 37.8 Å². The van der Waals surface area contributed by atoms with Crippen molar-refractivity contribution >= 4 is 11.8 Å². The molecule has 0 aliphatic rings. The second-order valence-corrected chi connectivity index (χ2v) is 7.14. The predicted molar refractivity (Wildman–Crippen MR) is 118 cm³/mol. The largest absolute Gasteiger partial charge is 0.497 e. The van der Waals surface area contributed by atoms with Crippen LogP contribution < -0.4 is 14.8 Å².